The number of rotatable bonds is 8. The van der Waals surface area contributed by atoms with Gasteiger partial charge in [-0.15, -0.1) is 0 Å². The van der Waals surface area contributed by atoms with Crippen molar-refractivity contribution in [3.8, 4) is 0 Å². The van der Waals surface area contributed by atoms with Crippen LogP contribution in [0.4, 0.5) is 0 Å². The molecule has 0 saturated carbocycles. The second-order valence-electron chi connectivity index (χ2n) is 5.50. The van der Waals surface area contributed by atoms with Crippen LogP contribution in [0.25, 0.3) is 0 Å². The largest absolute Gasteiger partial charge is 0.433 e. The monoisotopic (exact) mass is 333 g/mol. The van der Waals surface area contributed by atoms with Crippen LogP contribution < -0.4 is 0 Å². The van der Waals surface area contributed by atoms with Gasteiger partial charge in [0.25, 0.3) is 0 Å². The Bertz CT molecular complexity index is 455. The van der Waals surface area contributed by atoms with E-state index in [0.29, 0.717) is 6.42 Å². The number of hydrogen-bond acceptors (Lipinski definition) is 8. The van der Waals surface area contributed by atoms with Gasteiger partial charge in [0.15, 0.2) is 5.78 Å². The fourth-order valence-electron chi connectivity index (χ4n) is 2.22. The molecule has 3 N–H and O–H groups in total. The molecule has 0 aromatic carbocycles. The first-order valence-corrected chi connectivity index (χ1v) is 7.54. The van der Waals surface area contributed by atoms with E-state index in [-0.39, 0.29) is 38.4 Å². The molecular weight excluding hydrogens is 308 g/mol. The normalized spacial score (nSPS) is 31.3. The Hall–Kier alpha value is -1.35. The van der Waals surface area contributed by atoms with Crippen molar-refractivity contribution in [2.75, 3.05) is 0 Å². The highest BCUT2D eigenvalue weighted by atomic mass is 16.7. The Kier molecular flexibility index (Phi) is 7.10. The third kappa shape index (κ3) is 5.65. The van der Waals surface area contributed by atoms with Crippen LogP contribution in [0.5, 0.6) is 0 Å². The molecule has 0 radical (unpaired) electrons. The van der Waals surface area contributed by atoms with Crippen LogP contribution in [0.15, 0.2) is 0 Å². The van der Waals surface area contributed by atoms with Gasteiger partial charge in [-0.25, -0.2) is 0 Å². The Balaban J connectivity index is 2.60. The molecule has 1 aliphatic rings. The number of ether oxygens (including phenoxy) is 2. The van der Waals surface area contributed by atoms with E-state index in [4.69, 9.17) is 10.8 Å². The van der Waals surface area contributed by atoms with Crippen LogP contribution in [0.2, 0.25) is 0 Å². The van der Waals surface area contributed by atoms with Crippen LogP contribution in [0.1, 0.15) is 47.3 Å². The SMILES string of the molecule is [2H]CC(=O)CCCC(=O)O[C@@H]1O[C@H](C(=O)CCC)[C@@H](O)[C@H](O)[C@H]1O. The average Bonchev–Trinajstić information content (AvgIpc) is 2.55. The van der Waals surface area contributed by atoms with Gasteiger partial charge < -0.3 is 29.6 Å². The fourth-order valence-corrected chi connectivity index (χ4v) is 2.22. The van der Waals surface area contributed by atoms with Gasteiger partial charge >= 0.3 is 5.97 Å². The van der Waals surface area contributed by atoms with Gasteiger partial charge in [-0.1, -0.05) is 6.92 Å². The van der Waals surface area contributed by atoms with E-state index in [0.717, 1.165) is 0 Å². The van der Waals surface area contributed by atoms with Gasteiger partial charge in [-0.2, -0.15) is 0 Å². The molecule has 1 heterocycles. The second-order valence-corrected chi connectivity index (χ2v) is 5.50. The molecule has 1 saturated heterocycles. The van der Waals surface area contributed by atoms with Gasteiger partial charge in [-0.05, 0) is 19.7 Å². The predicted octanol–water partition coefficient (Wildman–Crippen LogP) is -0.534. The van der Waals surface area contributed by atoms with Crippen LogP contribution in [0, 0.1) is 0 Å². The van der Waals surface area contributed by atoms with Crippen molar-refractivity contribution in [3.63, 3.8) is 0 Å². The summed E-state index contributed by atoms with van der Waals surface area (Å²) in [7, 11) is 0. The number of carbonyl (C=O) groups excluding carboxylic acids is 3. The molecule has 0 amide bonds. The van der Waals surface area contributed by atoms with E-state index in [1.165, 1.54) is 0 Å². The third-order valence-electron chi connectivity index (χ3n) is 3.47. The maximum Gasteiger partial charge on any atom is 0.308 e. The molecule has 1 rings (SSSR count). The van der Waals surface area contributed by atoms with Crippen molar-refractivity contribution < 1.29 is 40.5 Å². The summed E-state index contributed by atoms with van der Waals surface area (Å²) < 4.78 is 16.9. The topological polar surface area (TPSA) is 130 Å². The molecule has 0 aliphatic carbocycles. The van der Waals surface area contributed by atoms with Crippen molar-refractivity contribution in [2.24, 2.45) is 0 Å². The van der Waals surface area contributed by atoms with Crippen molar-refractivity contribution in [3.05, 3.63) is 0 Å². The smallest absolute Gasteiger partial charge is 0.308 e. The Morgan fingerprint density at radius 3 is 2.39 bits per heavy atom. The molecule has 8 nitrogen and oxygen atoms in total. The lowest BCUT2D eigenvalue weighted by Crippen LogP contribution is -2.60. The zero-order valence-corrected chi connectivity index (χ0v) is 13.0. The highest BCUT2D eigenvalue weighted by Crippen LogP contribution is 2.24. The number of aliphatic hydroxyl groups excluding tert-OH is 3. The van der Waals surface area contributed by atoms with Crippen LogP contribution in [-0.2, 0) is 23.9 Å². The van der Waals surface area contributed by atoms with Crippen molar-refractivity contribution in [2.45, 2.75) is 76.6 Å². The van der Waals surface area contributed by atoms with E-state index < -0.39 is 42.5 Å². The van der Waals surface area contributed by atoms with Crippen LogP contribution in [0.3, 0.4) is 0 Å². The zero-order valence-electron chi connectivity index (χ0n) is 14.0. The average molecular weight is 333 g/mol. The lowest BCUT2D eigenvalue weighted by atomic mass is 9.94. The van der Waals surface area contributed by atoms with Gasteiger partial charge in [0.05, 0.1) is 0 Å². The van der Waals surface area contributed by atoms with E-state index in [9.17, 15) is 29.7 Å². The Morgan fingerprint density at radius 1 is 1.09 bits per heavy atom. The minimum Gasteiger partial charge on any atom is -0.433 e. The predicted molar refractivity (Wildman–Crippen MR) is 77.2 cm³/mol. The lowest BCUT2D eigenvalue weighted by molar-refractivity contribution is -0.282. The number of carbonyl (C=O) groups is 3. The van der Waals surface area contributed by atoms with E-state index in [1.807, 2.05) is 0 Å². The zero-order chi connectivity index (χ0) is 18.3. The number of aliphatic hydroxyl groups is 3. The number of ketones is 2. The maximum absolute atomic E-state index is 11.9. The molecule has 0 aromatic rings. The maximum atomic E-state index is 11.9. The summed E-state index contributed by atoms with van der Waals surface area (Å²) in [5.41, 5.74) is 0. The Labute approximate surface area is 135 Å². The van der Waals surface area contributed by atoms with Gasteiger partial charge in [0.2, 0.25) is 6.29 Å². The molecular formula is C15H24O8. The van der Waals surface area contributed by atoms with E-state index in [1.54, 1.807) is 6.92 Å². The highest BCUT2D eigenvalue weighted by molar-refractivity contribution is 5.84. The molecule has 0 bridgehead atoms. The summed E-state index contributed by atoms with van der Waals surface area (Å²) in [4.78, 5) is 34.6. The first kappa shape index (κ1) is 18.0. The summed E-state index contributed by atoms with van der Waals surface area (Å²) in [6, 6.07) is 0. The van der Waals surface area contributed by atoms with E-state index >= 15 is 0 Å². The molecule has 132 valence electrons. The second kappa shape index (κ2) is 9.07. The van der Waals surface area contributed by atoms with Crippen molar-refractivity contribution >= 4 is 17.5 Å². The molecule has 5 atom stereocenters. The lowest BCUT2D eigenvalue weighted by Gasteiger charge is -2.39. The Morgan fingerprint density at radius 2 is 1.78 bits per heavy atom. The summed E-state index contributed by atoms with van der Waals surface area (Å²) in [6.45, 7) is 1.40. The summed E-state index contributed by atoms with van der Waals surface area (Å²) >= 11 is 0. The van der Waals surface area contributed by atoms with Gasteiger partial charge in [0, 0.05) is 20.6 Å². The molecule has 0 spiro atoms. The first-order valence-electron chi connectivity index (χ1n) is 8.25. The standard InChI is InChI=1S/C15H24O8/c1-3-5-9(17)14-12(20)11(19)13(21)15(23-14)22-10(18)7-4-6-8(2)16/h11-15,19-21H,3-7H2,1-2H3/t11-,12-,13+,14+,15+/m0/s1/i2D. The quantitative estimate of drug-likeness (QED) is 0.505. The van der Waals surface area contributed by atoms with Gasteiger partial charge in [-0.3, -0.25) is 9.59 Å². The molecule has 23 heavy (non-hydrogen) atoms. The summed E-state index contributed by atoms with van der Waals surface area (Å²) in [6.07, 6.45) is -7.21. The molecule has 1 aliphatic heterocycles. The number of Topliss-reactive ketones (excluding diaryl/α,β-unsaturated/α-hetero) is 2. The van der Waals surface area contributed by atoms with Gasteiger partial charge in [0.1, 0.15) is 30.2 Å². The summed E-state index contributed by atoms with van der Waals surface area (Å²) in [5, 5.41) is 29.5. The highest BCUT2D eigenvalue weighted by Gasteiger charge is 2.47. The van der Waals surface area contributed by atoms with Crippen molar-refractivity contribution in [1.82, 2.24) is 0 Å². The fraction of sp³-hybridized carbons (Fsp3) is 0.800. The number of hydrogen-bond donors (Lipinski definition) is 3. The third-order valence-corrected chi connectivity index (χ3v) is 3.47. The van der Waals surface area contributed by atoms with Crippen LogP contribution >= 0.6 is 0 Å². The van der Waals surface area contributed by atoms with Crippen LogP contribution in [-0.4, -0.2) is 63.6 Å². The van der Waals surface area contributed by atoms with E-state index in [2.05, 4.69) is 0 Å². The number of esters is 1. The molecule has 1 fully saturated rings. The molecule has 0 unspecified atom stereocenters. The minimum atomic E-state index is -1.69. The van der Waals surface area contributed by atoms with Crippen molar-refractivity contribution in [1.29, 1.82) is 0 Å². The summed E-state index contributed by atoms with van der Waals surface area (Å²) in [5.74, 6) is -1.54. The minimum absolute atomic E-state index is 0.0611. The molecule has 0 aromatic heterocycles. The first-order chi connectivity index (χ1) is 11.3. The molecule has 8 heteroatoms.